The van der Waals surface area contributed by atoms with E-state index in [0.29, 0.717) is 6.04 Å². The third-order valence-corrected chi connectivity index (χ3v) is 3.84. The number of anilines is 1. The van der Waals surface area contributed by atoms with Gasteiger partial charge in [0.1, 0.15) is 5.82 Å². The van der Waals surface area contributed by atoms with E-state index in [9.17, 15) is 0 Å². The number of hydrogen-bond acceptors (Lipinski definition) is 4. The summed E-state index contributed by atoms with van der Waals surface area (Å²) in [6.45, 7) is 9.61. The summed E-state index contributed by atoms with van der Waals surface area (Å²) in [6, 6.07) is 6.99. The molecule has 1 aliphatic heterocycles. The highest BCUT2D eigenvalue weighted by atomic mass is 15.3. The fourth-order valence-corrected chi connectivity index (χ4v) is 2.83. The van der Waals surface area contributed by atoms with Crippen molar-refractivity contribution < 1.29 is 0 Å². The lowest BCUT2D eigenvalue weighted by molar-refractivity contribution is 0.371. The standard InChI is InChI=1S/C17H30N4/c1-17(2,3)18-12-14-8-6-10-16(19-14)21-11-7-9-15(21)13-20(4)5/h6,8,10,15,18H,7,9,11-13H2,1-5H3. The van der Waals surface area contributed by atoms with Crippen LogP contribution in [0.3, 0.4) is 0 Å². The first kappa shape index (κ1) is 16.2. The van der Waals surface area contributed by atoms with E-state index in [0.717, 1.165) is 31.1 Å². The average Bonchev–Trinajstić information content (AvgIpc) is 2.83. The van der Waals surface area contributed by atoms with E-state index < -0.39 is 0 Å². The molecule has 21 heavy (non-hydrogen) atoms. The Bertz CT molecular complexity index is 450. The molecule has 1 unspecified atom stereocenters. The maximum Gasteiger partial charge on any atom is 0.129 e. The van der Waals surface area contributed by atoms with Crippen molar-refractivity contribution in [1.29, 1.82) is 0 Å². The number of rotatable bonds is 5. The minimum Gasteiger partial charge on any atom is -0.352 e. The third-order valence-electron chi connectivity index (χ3n) is 3.84. The van der Waals surface area contributed by atoms with Crippen LogP contribution in [0.25, 0.3) is 0 Å². The van der Waals surface area contributed by atoms with Crippen molar-refractivity contribution >= 4 is 5.82 Å². The van der Waals surface area contributed by atoms with Crippen molar-refractivity contribution in [1.82, 2.24) is 15.2 Å². The van der Waals surface area contributed by atoms with Crippen molar-refractivity contribution in [3.05, 3.63) is 23.9 Å². The molecule has 1 N–H and O–H groups in total. The van der Waals surface area contributed by atoms with E-state index in [1.807, 2.05) is 0 Å². The SMILES string of the molecule is CN(C)CC1CCCN1c1cccc(CNC(C)(C)C)n1. The van der Waals surface area contributed by atoms with Gasteiger partial charge in [-0.3, -0.25) is 0 Å². The average molecular weight is 290 g/mol. The van der Waals surface area contributed by atoms with Crippen molar-refractivity contribution in [2.75, 3.05) is 32.1 Å². The number of nitrogens with one attached hydrogen (secondary N) is 1. The maximum absolute atomic E-state index is 4.86. The van der Waals surface area contributed by atoms with Crippen LogP contribution < -0.4 is 10.2 Å². The van der Waals surface area contributed by atoms with Gasteiger partial charge in [-0.15, -0.1) is 0 Å². The molecule has 0 aromatic carbocycles. The second-order valence-electron chi connectivity index (χ2n) is 7.34. The molecule has 4 heteroatoms. The highest BCUT2D eigenvalue weighted by Gasteiger charge is 2.26. The summed E-state index contributed by atoms with van der Waals surface area (Å²) in [5.74, 6) is 1.13. The van der Waals surface area contributed by atoms with Gasteiger partial charge in [0.2, 0.25) is 0 Å². The lowest BCUT2D eigenvalue weighted by Crippen LogP contribution is -2.38. The van der Waals surface area contributed by atoms with Crippen LogP contribution in [0.1, 0.15) is 39.3 Å². The summed E-state index contributed by atoms with van der Waals surface area (Å²) >= 11 is 0. The molecule has 0 aliphatic carbocycles. The Morgan fingerprint density at radius 1 is 1.33 bits per heavy atom. The summed E-state index contributed by atoms with van der Waals surface area (Å²) in [5, 5.41) is 3.51. The van der Waals surface area contributed by atoms with E-state index in [2.05, 4.69) is 68.2 Å². The van der Waals surface area contributed by atoms with Gasteiger partial charge in [0, 0.05) is 31.2 Å². The van der Waals surface area contributed by atoms with Crippen LogP contribution in [0.2, 0.25) is 0 Å². The molecule has 2 heterocycles. The summed E-state index contributed by atoms with van der Waals surface area (Å²) in [5.41, 5.74) is 1.25. The molecular weight excluding hydrogens is 260 g/mol. The summed E-state index contributed by atoms with van der Waals surface area (Å²) in [7, 11) is 4.29. The van der Waals surface area contributed by atoms with Gasteiger partial charge in [-0.25, -0.2) is 4.98 Å². The summed E-state index contributed by atoms with van der Waals surface area (Å²) in [4.78, 5) is 9.60. The van der Waals surface area contributed by atoms with Crippen molar-refractivity contribution in [2.24, 2.45) is 0 Å². The fraction of sp³-hybridized carbons (Fsp3) is 0.706. The predicted octanol–water partition coefficient (Wildman–Crippen LogP) is 2.50. The maximum atomic E-state index is 4.86. The van der Waals surface area contributed by atoms with Gasteiger partial charge >= 0.3 is 0 Å². The zero-order valence-electron chi connectivity index (χ0n) is 14.2. The molecule has 1 saturated heterocycles. The first-order chi connectivity index (χ1) is 9.85. The Hall–Kier alpha value is -1.13. The van der Waals surface area contributed by atoms with Crippen LogP contribution in [-0.2, 0) is 6.54 Å². The van der Waals surface area contributed by atoms with Gasteiger partial charge in [-0.05, 0) is 59.8 Å². The van der Waals surface area contributed by atoms with Gasteiger partial charge in [0.15, 0.2) is 0 Å². The summed E-state index contributed by atoms with van der Waals surface area (Å²) < 4.78 is 0. The van der Waals surface area contributed by atoms with Gasteiger partial charge in [0.25, 0.3) is 0 Å². The molecule has 2 rings (SSSR count). The minimum atomic E-state index is 0.124. The Labute approximate surface area is 129 Å². The predicted molar refractivity (Wildman–Crippen MR) is 89.8 cm³/mol. The number of nitrogens with zero attached hydrogens (tertiary/aromatic N) is 3. The minimum absolute atomic E-state index is 0.124. The Morgan fingerprint density at radius 2 is 2.10 bits per heavy atom. The largest absolute Gasteiger partial charge is 0.352 e. The van der Waals surface area contributed by atoms with E-state index in [1.165, 1.54) is 12.8 Å². The molecule has 118 valence electrons. The normalized spacial score (nSPS) is 19.5. The van der Waals surface area contributed by atoms with Gasteiger partial charge in [-0.1, -0.05) is 6.07 Å². The smallest absolute Gasteiger partial charge is 0.129 e. The molecule has 1 atom stereocenters. The van der Waals surface area contributed by atoms with Crippen molar-refractivity contribution in [2.45, 2.75) is 51.7 Å². The number of likely N-dealkylation sites (N-methyl/N-ethyl adjacent to an activating group) is 1. The second-order valence-corrected chi connectivity index (χ2v) is 7.34. The van der Waals surface area contributed by atoms with E-state index in [4.69, 9.17) is 4.98 Å². The Morgan fingerprint density at radius 3 is 2.76 bits per heavy atom. The second kappa shape index (κ2) is 6.75. The number of hydrogen-bond donors (Lipinski definition) is 1. The highest BCUT2D eigenvalue weighted by molar-refractivity contribution is 5.42. The molecule has 0 radical (unpaired) electrons. The van der Waals surface area contributed by atoms with Crippen LogP contribution in [0.4, 0.5) is 5.82 Å². The van der Waals surface area contributed by atoms with E-state index >= 15 is 0 Å². The molecule has 1 aromatic rings. The monoisotopic (exact) mass is 290 g/mol. The molecule has 0 amide bonds. The molecule has 1 fully saturated rings. The van der Waals surface area contributed by atoms with E-state index in [1.54, 1.807) is 0 Å². The van der Waals surface area contributed by atoms with Gasteiger partial charge < -0.3 is 15.1 Å². The zero-order valence-corrected chi connectivity index (χ0v) is 14.2. The summed E-state index contributed by atoms with van der Waals surface area (Å²) in [6.07, 6.45) is 2.54. The van der Waals surface area contributed by atoms with Crippen molar-refractivity contribution in [3.63, 3.8) is 0 Å². The van der Waals surface area contributed by atoms with Crippen LogP contribution >= 0.6 is 0 Å². The molecular formula is C17H30N4. The number of aromatic nitrogens is 1. The van der Waals surface area contributed by atoms with Crippen LogP contribution in [-0.4, -0.2) is 48.6 Å². The first-order valence-electron chi connectivity index (χ1n) is 7.97. The molecule has 1 aromatic heterocycles. The zero-order chi connectivity index (χ0) is 15.5. The number of pyridine rings is 1. The lowest BCUT2D eigenvalue weighted by Gasteiger charge is -2.28. The fourth-order valence-electron chi connectivity index (χ4n) is 2.83. The molecule has 0 saturated carbocycles. The lowest BCUT2D eigenvalue weighted by atomic mass is 10.1. The Balaban J connectivity index is 2.06. The third kappa shape index (κ3) is 4.97. The van der Waals surface area contributed by atoms with Crippen LogP contribution in [0.5, 0.6) is 0 Å². The van der Waals surface area contributed by atoms with Crippen molar-refractivity contribution in [3.8, 4) is 0 Å². The van der Waals surface area contributed by atoms with Gasteiger partial charge in [0.05, 0.1) is 5.69 Å². The highest BCUT2D eigenvalue weighted by Crippen LogP contribution is 2.24. The quantitative estimate of drug-likeness (QED) is 0.903. The molecule has 0 bridgehead atoms. The van der Waals surface area contributed by atoms with E-state index in [-0.39, 0.29) is 5.54 Å². The Kier molecular flexibility index (Phi) is 5.22. The molecule has 0 spiro atoms. The van der Waals surface area contributed by atoms with Gasteiger partial charge in [-0.2, -0.15) is 0 Å². The van der Waals surface area contributed by atoms with Crippen LogP contribution in [0.15, 0.2) is 18.2 Å². The topological polar surface area (TPSA) is 31.4 Å². The molecule has 1 aliphatic rings. The van der Waals surface area contributed by atoms with Crippen LogP contribution in [0, 0.1) is 0 Å². The molecule has 4 nitrogen and oxygen atoms in total. The first-order valence-corrected chi connectivity index (χ1v) is 7.97.